The highest BCUT2D eigenvalue weighted by atomic mass is 19.1. The molecule has 0 bridgehead atoms. The normalized spacial score (nSPS) is 21.5. The molecule has 1 atom stereocenters. The molecule has 3 heterocycles. The molecule has 1 aliphatic heterocycles. The molecule has 1 saturated carbocycles. The third-order valence-electron chi connectivity index (χ3n) is 7.57. The largest absolute Gasteiger partial charge is 0.342 e. The van der Waals surface area contributed by atoms with E-state index in [4.69, 9.17) is 4.98 Å². The second-order valence-corrected chi connectivity index (χ2v) is 9.61. The lowest BCUT2D eigenvalue weighted by molar-refractivity contribution is 0.0885. The highest BCUT2D eigenvalue weighted by Crippen LogP contribution is 2.43. The fourth-order valence-corrected chi connectivity index (χ4v) is 5.46. The van der Waals surface area contributed by atoms with Crippen LogP contribution in [0.1, 0.15) is 66.2 Å². The number of fused-ring (bicyclic) bond motifs is 2. The van der Waals surface area contributed by atoms with E-state index < -0.39 is 0 Å². The number of rotatable bonds is 4. The van der Waals surface area contributed by atoms with E-state index >= 15 is 0 Å². The summed E-state index contributed by atoms with van der Waals surface area (Å²) >= 11 is 0. The maximum absolute atomic E-state index is 13.9. The fourth-order valence-electron chi connectivity index (χ4n) is 5.46. The van der Waals surface area contributed by atoms with Crippen LogP contribution in [-0.2, 0) is 0 Å². The van der Waals surface area contributed by atoms with E-state index in [1.54, 1.807) is 12.1 Å². The first-order valence-electron chi connectivity index (χ1n) is 11.9. The number of aromatic nitrogens is 3. The molecule has 1 amide bonds. The van der Waals surface area contributed by atoms with Gasteiger partial charge in [0.25, 0.3) is 5.91 Å². The molecule has 0 radical (unpaired) electrons. The number of hydrogen-bond acceptors (Lipinski definition) is 3. The van der Waals surface area contributed by atoms with Gasteiger partial charge < -0.3 is 9.88 Å². The first-order valence-corrected chi connectivity index (χ1v) is 11.9. The molecule has 2 aromatic heterocycles. The topological polar surface area (TPSA) is 61.6 Å². The van der Waals surface area contributed by atoms with Crippen LogP contribution in [-0.4, -0.2) is 38.8 Å². The first-order chi connectivity index (χ1) is 16.1. The van der Waals surface area contributed by atoms with Gasteiger partial charge in [0, 0.05) is 36.2 Å². The van der Waals surface area contributed by atoms with Crippen LogP contribution < -0.4 is 0 Å². The molecule has 5 nitrogen and oxygen atoms in total. The van der Waals surface area contributed by atoms with Gasteiger partial charge in [-0.15, -0.1) is 0 Å². The summed E-state index contributed by atoms with van der Waals surface area (Å²) in [6.07, 6.45) is 6.23. The van der Waals surface area contributed by atoms with Gasteiger partial charge in [-0.25, -0.2) is 9.37 Å². The fraction of sp³-hybridized carbons (Fsp3) is 0.370. The van der Waals surface area contributed by atoms with Gasteiger partial charge in [0.15, 0.2) is 0 Å². The summed E-state index contributed by atoms with van der Waals surface area (Å²) in [7, 11) is 0. The summed E-state index contributed by atoms with van der Waals surface area (Å²) in [5.74, 6) is 2.18. The SMILES string of the molecule is C[C@@H](c1nc2cc(C(=O)N3CC3)ccc2[nH]1)C1CCC(c2ccnc3ccc(F)cc23)CC1. The Balaban J connectivity index is 1.18. The van der Waals surface area contributed by atoms with Crippen molar-refractivity contribution in [2.45, 2.75) is 44.4 Å². The predicted molar refractivity (Wildman–Crippen MR) is 127 cm³/mol. The number of nitrogens with zero attached hydrogens (tertiary/aromatic N) is 3. The number of aromatic amines is 1. The second-order valence-electron chi connectivity index (χ2n) is 9.61. The molecule has 6 heteroatoms. The zero-order valence-corrected chi connectivity index (χ0v) is 18.7. The van der Waals surface area contributed by atoms with Crippen molar-refractivity contribution in [1.82, 2.24) is 19.9 Å². The van der Waals surface area contributed by atoms with E-state index in [2.05, 4.69) is 23.0 Å². The summed E-state index contributed by atoms with van der Waals surface area (Å²) in [5.41, 5.74) is 4.65. The number of carbonyl (C=O) groups is 1. The van der Waals surface area contributed by atoms with E-state index in [-0.39, 0.29) is 11.7 Å². The van der Waals surface area contributed by atoms with Gasteiger partial charge in [0.1, 0.15) is 11.6 Å². The van der Waals surface area contributed by atoms with Gasteiger partial charge in [-0.3, -0.25) is 9.78 Å². The van der Waals surface area contributed by atoms with Crippen LogP contribution in [0, 0.1) is 11.7 Å². The third kappa shape index (κ3) is 3.77. The van der Waals surface area contributed by atoms with Crippen molar-refractivity contribution in [3.05, 3.63) is 71.4 Å². The average molecular weight is 443 g/mol. The lowest BCUT2D eigenvalue weighted by Crippen LogP contribution is -2.19. The molecule has 1 aliphatic carbocycles. The Morgan fingerprint density at radius 2 is 1.88 bits per heavy atom. The lowest BCUT2D eigenvalue weighted by atomic mass is 9.73. The number of nitrogens with one attached hydrogen (secondary N) is 1. The lowest BCUT2D eigenvalue weighted by Gasteiger charge is -2.32. The number of pyridine rings is 1. The summed E-state index contributed by atoms with van der Waals surface area (Å²) in [4.78, 5) is 26.9. The second kappa shape index (κ2) is 7.94. The maximum Gasteiger partial charge on any atom is 0.254 e. The minimum atomic E-state index is -0.205. The molecule has 168 valence electrons. The maximum atomic E-state index is 13.9. The summed E-state index contributed by atoms with van der Waals surface area (Å²) < 4.78 is 13.9. The number of imidazole rings is 1. The van der Waals surface area contributed by atoms with Crippen LogP contribution in [0.15, 0.2) is 48.7 Å². The molecule has 4 aromatic rings. The molecule has 0 unspecified atom stereocenters. The quantitative estimate of drug-likeness (QED) is 0.407. The van der Waals surface area contributed by atoms with Gasteiger partial charge >= 0.3 is 0 Å². The first kappa shape index (κ1) is 20.3. The van der Waals surface area contributed by atoms with Gasteiger partial charge in [0.05, 0.1) is 16.6 Å². The Bertz CT molecular complexity index is 1350. The summed E-state index contributed by atoms with van der Waals surface area (Å²) in [5, 5.41) is 0.944. The Kier molecular flexibility index (Phi) is 4.89. The van der Waals surface area contributed by atoms with E-state index in [1.807, 2.05) is 29.3 Å². The smallest absolute Gasteiger partial charge is 0.254 e. The number of amides is 1. The van der Waals surface area contributed by atoms with Crippen molar-refractivity contribution in [1.29, 1.82) is 0 Å². The van der Waals surface area contributed by atoms with Gasteiger partial charge in [-0.05, 0) is 85.5 Å². The van der Waals surface area contributed by atoms with Crippen LogP contribution in [0.25, 0.3) is 21.9 Å². The Labute approximate surface area is 192 Å². The standard InChI is InChI=1S/C27H27FN4O/c1-16(26-30-24-8-6-19(14-25(24)31-26)27(33)32-12-13-32)17-2-4-18(5-3-17)21-10-11-29-23-9-7-20(28)15-22(21)23/h6-11,14-18H,2-5,12-13H2,1H3,(H,30,31)/t16-,17?,18?/m1/s1. The highest BCUT2D eigenvalue weighted by molar-refractivity contribution is 5.98. The van der Waals surface area contributed by atoms with Crippen LogP contribution in [0.2, 0.25) is 0 Å². The van der Waals surface area contributed by atoms with Gasteiger partial charge in [0.2, 0.25) is 0 Å². The molecule has 2 fully saturated rings. The molecule has 6 rings (SSSR count). The molecular weight excluding hydrogens is 415 g/mol. The van der Waals surface area contributed by atoms with Crippen LogP contribution in [0.5, 0.6) is 0 Å². The number of H-pyrrole nitrogens is 1. The molecular formula is C27H27FN4O. The number of hydrogen-bond donors (Lipinski definition) is 1. The third-order valence-corrected chi connectivity index (χ3v) is 7.57. The van der Waals surface area contributed by atoms with E-state index in [0.29, 0.717) is 23.3 Å². The van der Waals surface area contributed by atoms with Gasteiger partial charge in [-0.2, -0.15) is 0 Å². The van der Waals surface area contributed by atoms with Crippen LogP contribution in [0.4, 0.5) is 4.39 Å². The van der Waals surface area contributed by atoms with Crippen molar-refractivity contribution in [2.24, 2.45) is 5.92 Å². The number of halogens is 1. The van der Waals surface area contributed by atoms with Crippen LogP contribution >= 0.6 is 0 Å². The Morgan fingerprint density at radius 3 is 2.67 bits per heavy atom. The van der Waals surface area contributed by atoms with E-state index in [0.717, 1.165) is 66.5 Å². The number of benzene rings is 2. The number of carbonyl (C=O) groups excluding carboxylic acids is 1. The van der Waals surface area contributed by atoms with Crippen molar-refractivity contribution in [2.75, 3.05) is 13.1 Å². The Morgan fingerprint density at radius 1 is 1.06 bits per heavy atom. The summed E-state index contributed by atoms with van der Waals surface area (Å²) in [6, 6.07) is 12.7. The van der Waals surface area contributed by atoms with Gasteiger partial charge in [-0.1, -0.05) is 6.92 Å². The minimum absolute atomic E-state index is 0.0938. The molecule has 33 heavy (non-hydrogen) atoms. The van der Waals surface area contributed by atoms with Crippen molar-refractivity contribution in [3.8, 4) is 0 Å². The molecule has 1 saturated heterocycles. The van der Waals surface area contributed by atoms with E-state index in [9.17, 15) is 9.18 Å². The zero-order chi connectivity index (χ0) is 22.5. The molecule has 2 aromatic carbocycles. The summed E-state index contributed by atoms with van der Waals surface area (Å²) in [6.45, 7) is 3.96. The molecule has 1 N–H and O–H groups in total. The highest BCUT2D eigenvalue weighted by Gasteiger charge is 2.30. The minimum Gasteiger partial charge on any atom is -0.342 e. The monoisotopic (exact) mass is 442 g/mol. The van der Waals surface area contributed by atoms with Crippen molar-refractivity contribution < 1.29 is 9.18 Å². The van der Waals surface area contributed by atoms with Crippen LogP contribution in [0.3, 0.4) is 0 Å². The van der Waals surface area contributed by atoms with Crippen molar-refractivity contribution >= 4 is 27.8 Å². The zero-order valence-electron chi connectivity index (χ0n) is 18.7. The van der Waals surface area contributed by atoms with E-state index in [1.165, 1.54) is 11.6 Å². The predicted octanol–water partition coefficient (Wildman–Crippen LogP) is 5.78. The molecule has 2 aliphatic rings. The van der Waals surface area contributed by atoms with Crippen molar-refractivity contribution in [3.63, 3.8) is 0 Å². The average Bonchev–Trinajstić information content (AvgIpc) is 3.61. The Hall–Kier alpha value is -3.28. The molecule has 0 spiro atoms.